The van der Waals surface area contributed by atoms with Crippen molar-refractivity contribution in [2.75, 3.05) is 6.54 Å². The van der Waals surface area contributed by atoms with Gasteiger partial charge in [0.2, 0.25) is 0 Å². The van der Waals surface area contributed by atoms with Gasteiger partial charge in [0, 0.05) is 34.1 Å². The van der Waals surface area contributed by atoms with E-state index >= 15 is 0 Å². The summed E-state index contributed by atoms with van der Waals surface area (Å²) in [4.78, 5) is 49.3. The summed E-state index contributed by atoms with van der Waals surface area (Å²) < 4.78 is 40.0. The predicted octanol–water partition coefficient (Wildman–Crippen LogP) is 5.91. The minimum atomic E-state index is -4.62. The van der Waals surface area contributed by atoms with E-state index < -0.39 is 47.5 Å². The van der Waals surface area contributed by atoms with Crippen LogP contribution < -0.4 is 5.32 Å². The van der Waals surface area contributed by atoms with E-state index in [2.05, 4.69) is 21.2 Å². The molecule has 3 aromatic carbocycles. The summed E-state index contributed by atoms with van der Waals surface area (Å²) >= 11 is 3.30. The van der Waals surface area contributed by atoms with Crippen LogP contribution in [-0.2, 0) is 11.0 Å². The molecule has 192 valence electrons. The maximum atomic E-state index is 13.4. The Morgan fingerprint density at radius 2 is 1.51 bits per heavy atom. The number of rotatable bonds is 10. The molecule has 0 aromatic heterocycles. The van der Waals surface area contributed by atoms with Gasteiger partial charge in [-0.1, -0.05) is 52.3 Å². The molecule has 0 saturated carbocycles. The first kappa shape index (κ1) is 27.8. The molecule has 37 heavy (non-hydrogen) atoms. The highest BCUT2D eigenvalue weighted by molar-refractivity contribution is 9.10. The number of halogens is 4. The molecule has 3 rings (SSSR count). The minimum Gasteiger partial charge on any atom is -0.481 e. The molecule has 0 spiro atoms. The van der Waals surface area contributed by atoms with Gasteiger partial charge in [0.25, 0.3) is 5.91 Å². The fourth-order valence-corrected chi connectivity index (χ4v) is 4.03. The SMILES string of the molecule is O=C(O)CCNC(=O)c1ccc(C(CC(=O)c2cccc(C(F)(F)F)c2)C(=O)c2cccc(Br)c2)cc1. The van der Waals surface area contributed by atoms with Crippen LogP contribution in [0.3, 0.4) is 0 Å². The molecule has 1 atom stereocenters. The lowest BCUT2D eigenvalue weighted by Gasteiger charge is -2.17. The number of benzene rings is 3. The third kappa shape index (κ3) is 7.60. The van der Waals surface area contributed by atoms with Crippen LogP contribution in [-0.4, -0.2) is 35.1 Å². The van der Waals surface area contributed by atoms with Crippen LogP contribution in [0.4, 0.5) is 13.2 Å². The third-order valence-corrected chi connectivity index (χ3v) is 6.02. The van der Waals surface area contributed by atoms with E-state index in [1.165, 1.54) is 30.3 Å². The average Bonchev–Trinajstić information content (AvgIpc) is 2.86. The number of alkyl halides is 3. The van der Waals surface area contributed by atoms with Crippen molar-refractivity contribution in [3.8, 4) is 0 Å². The van der Waals surface area contributed by atoms with Gasteiger partial charge in [-0.05, 0) is 42.0 Å². The van der Waals surface area contributed by atoms with Crippen molar-refractivity contribution in [3.05, 3.63) is 105 Å². The number of aliphatic carboxylic acids is 1. The van der Waals surface area contributed by atoms with Gasteiger partial charge in [0.05, 0.1) is 17.9 Å². The van der Waals surface area contributed by atoms with Crippen molar-refractivity contribution >= 4 is 39.4 Å². The molecule has 0 bridgehead atoms. The molecule has 10 heteroatoms. The Bertz CT molecular complexity index is 1320. The maximum Gasteiger partial charge on any atom is 0.416 e. The summed E-state index contributed by atoms with van der Waals surface area (Å²) in [5, 5.41) is 11.2. The van der Waals surface area contributed by atoms with Crippen LogP contribution in [0.15, 0.2) is 77.3 Å². The monoisotopic (exact) mass is 575 g/mol. The molecule has 0 radical (unpaired) electrons. The number of nitrogens with one attached hydrogen (secondary N) is 1. The topological polar surface area (TPSA) is 101 Å². The van der Waals surface area contributed by atoms with E-state index in [9.17, 15) is 32.3 Å². The highest BCUT2D eigenvalue weighted by Gasteiger charge is 2.32. The molecular formula is C27H21BrF3NO5. The smallest absolute Gasteiger partial charge is 0.416 e. The molecule has 0 heterocycles. The van der Waals surface area contributed by atoms with Gasteiger partial charge in [-0.2, -0.15) is 13.2 Å². The molecule has 6 nitrogen and oxygen atoms in total. The number of carbonyl (C=O) groups excluding carboxylic acids is 3. The largest absolute Gasteiger partial charge is 0.481 e. The van der Waals surface area contributed by atoms with Gasteiger partial charge < -0.3 is 10.4 Å². The summed E-state index contributed by atoms with van der Waals surface area (Å²) in [6.45, 7) is -0.0641. The number of ketones is 2. The van der Waals surface area contributed by atoms with Crippen LogP contribution in [0.1, 0.15) is 61.0 Å². The van der Waals surface area contributed by atoms with Crippen molar-refractivity contribution in [1.29, 1.82) is 0 Å². The Labute approximate surface area is 218 Å². The molecule has 0 saturated heterocycles. The zero-order chi connectivity index (χ0) is 27.2. The van der Waals surface area contributed by atoms with Gasteiger partial charge in [0.15, 0.2) is 11.6 Å². The summed E-state index contributed by atoms with van der Waals surface area (Å²) in [5.41, 5.74) is -0.228. The molecule has 0 aliphatic carbocycles. The van der Waals surface area contributed by atoms with E-state index in [0.717, 1.165) is 18.2 Å². The Kier molecular flexibility index (Phi) is 8.99. The average molecular weight is 576 g/mol. The van der Waals surface area contributed by atoms with E-state index in [1.807, 2.05) is 0 Å². The van der Waals surface area contributed by atoms with E-state index in [-0.39, 0.29) is 24.1 Å². The van der Waals surface area contributed by atoms with Crippen LogP contribution in [0, 0.1) is 0 Å². The number of amides is 1. The maximum absolute atomic E-state index is 13.4. The Balaban J connectivity index is 1.90. The number of Topliss-reactive ketones (excluding diaryl/α,β-unsaturated/α-hetero) is 2. The Morgan fingerprint density at radius 1 is 0.865 bits per heavy atom. The van der Waals surface area contributed by atoms with Gasteiger partial charge in [0.1, 0.15) is 0 Å². The fourth-order valence-electron chi connectivity index (χ4n) is 3.63. The van der Waals surface area contributed by atoms with Crippen molar-refractivity contribution in [3.63, 3.8) is 0 Å². The highest BCUT2D eigenvalue weighted by atomic mass is 79.9. The van der Waals surface area contributed by atoms with Crippen LogP contribution >= 0.6 is 15.9 Å². The number of hydrogen-bond donors (Lipinski definition) is 2. The molecule has 1 unspecified atom stereocenters. The molecule has 0 aliphatic rings. The first-order valence-corrected chi connectivity index (χ1v) is 11.8. The molecule has 0 aliphatic heterocycles. The van der Waals surface area contributed by atoms with Crippen LogP contribution in [0.25, 0.3) is 0 Å². The van der Waals surface area contributed by atoms with Crippen molar-refractivity contribution < 1.29 is 37.5 Å². The zero-order valence-electron chi connectivity index (χ0n) is 19.2. The zero-order valence-corrected chi connectivity index (χ0v) is 20.8. The lowest BCUT2D eigenvalue weighted by Crippen LogP contribution is -2.26. The lowest BCUT2D eigenvalue weighted by atomic mass is 9.85. The van der Waals surface area contributed by atoms with Gasteiger partial charge in [-0.3, -0.25) is 19.2 Å². The number of carbonyl (C=O) groups is 4. The van der Waals surface area contributed by atoms with Gasteiger partial charge in [-0.25, -0.2) is 0 Å². The van der Waals surface area contributed by atoms with Gasteiger partial charge >= 0.3 is 12.1 Å². The standard InChI is InChI=1S/C27H21BrF3NO5/c28-21-6-2-4-19(14-21)25(36)22(15-23(33)18-3-1-5-20(13-18)27(29,30)31)16-7-9-17(10-8-16)26(37)32-12-11-24(34)35/h1-10,13-14,22H,11-12,15H2,(H,32,37)(H,34,35). The van der Waals surface area contributed by atoms with E-state index in [4.69, 9.17) is 5.11 Å². The molecule has 0 fully saturated rings. The second-order valence-electron chi connectivity index (χ2n) is 8.15. The Morgan fingerprint density at radius 3 is 2.14 bits per heavy atom. The number of carboxylic acids is 1. The second kappa shape index (κ2) is 12.0. The summed E-state index contributed by atoms with van der Waals surface area (Å²) in [5.74, 6) is -3.66. The fraction of sp³-hybridized carbons (Fsp3) is 0.185. The first-order chi connectivity index (χ1) is 17.5. The summed E-state index contributed by atoms with van der Waals surface area (Å²) in [7, 11) is 0. The van der Waals surface area contributed by atoms with Crippen molar-refractivity contribution in [1.82, 2.24) is 5.32 Å². The molecule has 1 amide bonds. The molecule has 2 N–H and O–H groups in total. The Hall–Kier alpha value is -3.79. The van der Waals surface area contributed by atoms with Crippen molar-refractivity contribution in [2.24, 2.45) is 0 Å². The highest BCUT2D eigenvalue weighted by Crippen LogP contribution is 2.31. The van der Waals surface area contributed by atoms with Gasteiger partial charge in [-0.15, -0.1) is 0 Å². The minimum absolute atomic E-state index is 0.0641. The normalized spacial score (nSPS) is 12.0. The second-order valence-corrected chi connectivity index (χ2v) is 9.07. The predicted molar refractivity (Wildman–Crippen MR) is 133 cm³/mol. The lowest BCUT2D eigenvalue weighted by molar-refractivity contribution is -0.138. The van der Waals surface area contributed by atoms with Crippen LogP contribution in [0.2, 0.25) is 0 Å². The van der Waals surface area contributed by atoms with E-state index in [1.54, 1.807) is 24.3 Å². The summed E-state index contributed by atoms with van der Waals surface area (Å²) in [6.07, 6.45) is -5.26. The molecular weight excluding hydrogens is 555 g/mol. The van der Waals surface area contributed by atoms with Crippen LogP contribution in [0.5, 0.6) is 0 Å². The van der Waals surface area contributed by atoms with Crippen molar-refractivity contribution in [2.45, 2.75) is 24.9 Å². The quantitative estimate of drug-likeness (QED) is 0.293. The molecule has 3 aromatic rings. The third-order valence-electron chi connectivity index (χ3n) is 5.53. The van der Waals surface area contributed by atoms with E-state index in [0.29, 0.717) is 15.6 Å². The first-order valence-electron chi connectivity index (χ1n) is 11.1. The number of hydrogen-bond acceptors (Lipinski definition) is 4. The number of carboxylic acid groups (broad SMARTS) is 1. The summed E-state index contributed by atoms with van der Waals surface area (Å²) in [6, 6.07) is 16.4.